The number of carbonyl (C=O) groups is 2. The van der Waals surface area contributed by atoms with Crippen LogP contribution in [0.2, 0.25) is 0 Å². The predicted octanol–water partition coefficient (Wildman–Crippen LogP) is 3.88. The van der Waals surface area contributed by atoms with Crippen LogP contribution < -0.4 is 5.32 Å². The zero-order valence-electron chi connectivity index (χ0n) is 15.1. The van der Waals surface area contributed by atoms with E-state index in [2.05, 4.69) is 15.3 Å². The number of aromatic nitrogens is 2. The number of hydrogen-bond donors (Lipinski definition) is 1. The van der Waals surface area contributed by atoms with Gasteiger partial charge in [0.1, 0.15) is 0 Å². The minimum absolute atomic E-state index is 0.309. The Kier molecular flexibility index (Phi) is 5.56. The first-order valence-electron chi connectivity index (χ1n) is 8.56. The van der Waals surface area contributed by atoms with Crippen molar-refractivity contribution < 1.29 is 14.3 Å². The van der Waals surface area contributed by atoms with E-state index in [-0.39, 0.29) is 5.91 Å². The van der Waals surface area contributed by atoms with Crippen molar-refractivity contribution in [2.45, 2.75) is 13.8 Å². The summed E-state index contributed by atoms with van der Waals surface area (Å²) in [7, 11) is 0. The van der Waals surface area contributed by atoms with Gasteiger partial charge in [-0.25, -0.2) is 14.8 Å². The van der Waals surface area contributed by atoms with Crippen LogP contribution in [-0.2, 0) is 4.74 Å². The summed E-state index contributed by atoms with van der Waals surface area (Å²) in [5.74, 6) is -0.129. The maximum atomic E-state index is 12.5. The molecule has 0 aliphatic heterocycles. The lowest BCUT2D eigenvalue weighted by molar-refractivity contribution is 0.0526. The molecule has 3 aromatic rings. The first kappa shape index (κ1) is 18.3. The SMILES string of the molecule is CCOC(=O)c1ccc(NC(=O)c2cnc(-c3ccccc3)nc2C)cc1. The van der Waals surface area contributed by atoms with Crippen LogP contribution in [0.1, 0.15) is 33.3 Å². The van der Waals surface area contributed by atoms with Crippen LogP contribution in [0.15, 0.2) is 60.8 Å². The molecule has 0 radical (unpaired) electrons. The third kappa shape index (κ3) is 4.36. The van der Waals surface area contributed by atoms with Crippen molar-refractivity contribution in [3.8, 4) is 11.4 Å². The van der Waals surface area contributed by atoms with Gasteiger partial charge in [0, 0.05) is 17.4 Å². The molecule has 0 spiro atoms. The highest BCUT2D eigenvalue weighted by Gasteiger charge is 2.13. The van der Waals surface area contributed by atoms with Crippen molar-refractivity contribution in [2.75, 3.05) is 11.9 Å². The molecule has 0 atom stereocenters. The molecule has 0 saturated heterocycles. The van der Waals surface area contributed by atoms with Crippen molar-refractivity contribution in [1.82, 2.24) is 9.97 Å². The van der Waals surface area contributed by atoms with Crippen molar-refractivity contribution in [1.29, 1.82) is 0 Å². The maximum Gasteiger partial charge on any atom is 0.338 e. The number of aryl methyl sites for hydroxylation is 1. The van der Waals surface area contributed by atoms with Crippen LogP contribution in [0.4, 0.5) is 5.69 Å². The van der Waals surface area contributed by atoms with Crippen LogP contribution in [0.3, 0.4) is 0 Å². The summed E-state index contributed by atoms with van der Waals surface area (Å²) in [5.41, 5.74) is 2.87. The molecule has 1 N–H and O–H groups in total. The van der Waals surface area contributed by atoms with E-state index in [1.807, 2.05) is 30.3 Å². The summed E-state index contributed by atoms with van der Waals surface area (Å²) in [6.45, 7) is 3.84. The van der Waals surface area contributed by atoms with Gasteiger partial charge in [0.2, 0.25) is 0 Å². The zero-order chi connectivity index (χ0) is 19.2. The highest BCUT2D eigenvalue weighted by atomic mass is 16.5. The average Bonchev–Trinajstić information content (AvgIpc) is 2.69. The standard InChI is InChI=1S/C21H19N3O3/c1-3-27-21(26)16-9-11-17(12-10-16)24-20(25)18-13-22-19(23-14(18)2)15-7-5-4-6-8-15/h4-13H,3H2,1-2H3,(H,24,25). The van der Waals surface area contributed by atoms with E-state index < -0.39 is 5.97 Å². The van der Waals surface area contributed by atoms with E-state index in [4.69, 9.17) is 4.74 Å². The first-order valence-corrected chi connectivity index (χ1v) is 8.56. The van der Waals surface area contributed by atoms with Crippen molar-refractivity contribution in [2.24, 2.45) is 0 Å². The first-order chi connectivity index (χ1) is 13.1. The Morgan fingerprint density at radius 2 is 1.74 bits per heavy atom. The van der Waals surface area contributed by atoms with Gasteiger partial charge in [-0.3, -0.25) is 4.79 Å². The molecule has 0 fully saturated rings. The van der Waals surface area contributed by atoms with Gasteiger partial charge in [-0.15, -0.1) is 0 Å². The van der Waals surface area contributed by atoms with Gasteiger partial charge < -0.3 is 10.1 Å². The second-order valence-electron chi connectivity index (χ2n) is 5.81. The Hall–Kier alpha value is -3.54. The largest absolute Gasteiger partial charge is 0.462 e. The molecule has 0 unspecified atom stereocenters. The highest BCUT2D eigenvalue weighted by molar-refractivity contribution is 6.05. The topological polar surface area (TPSA) is 81.2 Å². The molecule has 1 aromatic heterocycles. The highest BCUT2D eigenvalue weighted by Crippen LogP contribution is 2.17. The fourth-order valence-electron chi connectivity index (χ4n) is 2.52. The monoisotopic (exact) mass is 361 g/mol. The van der Waals surface area contributed by atoms with E-state index >= 15 is 0 Å². The molecule has 2 aromatic carbocycles. The number of rotatable bonds is 5. The lowest BCUT2D eigenvalue weighted by Gasteiger charge is -2.09. The number of nitrogens with zero attached hydrogens (tertiary/aromatic N) is 2. The van der Waals surface area contributed by atoms with Crippen molar-refractivity contribution in [3.05, 3.63) is 77.6 Å². The van der Waals surface area contributed by atoms with Crippen molar-refractivity contribution >= 4 is 17.6 Å². The Balaban J connectivity index is 1.73. The summed E-state index contributed by atoms with van der Waals surface area (Å²) in [6, 6.07) is 16.1. The van der Waals surface area contributed by atoms with Crippen LogP contribution in [0, 0.1) is 6.92 Å². The van der Waals surface area contributed by atoms with E-state index in [0.717, 1.165) is 5.56 Å². The average molecular weight is 361 g/mol. The molecule has 1 amide bonds. The maximum absolute atomic E-state index is 12.5. The van der Waals surface area contributed by atoms with E-state index in [0.29, 0.717) is 34.9 Å². The van der Waals surface area contributed by atoms with Gasteiger partial charge in [-0.2, -0.15) is 0 Å². The molecule has 136 valence electrons. The minimum atomic E-state index is -0.392. The number of anilines is 1. The van der Waals surface area contributed by atoms with Crippen LogP contribution in [0.25, 0.3) is 11.4 Å². The lowest BCUT2D eigenvalue weighted by Crippen LogP contribution is -2.15. The van der Waals surface area contributed by atoms with E-state index in [9.17, 15) is 9.59 Å². The van der Waals surface area contributed by atoms with Gasteiger partial charge in [0.25, 0.3) is 5.91 Å². The molecule has 1 heterocycles. The summed E-state index contributed by atoms with van der Waals surface area (Å²) in [6.07, 6.45) is 1.52. The van der Waals surface area contributed by atoms with Gasteiger partial charge in [0.15, 0.2) is 5.82 Å². The number of carbonyl (C=O) groups excluding carboxylic acids is 2. The molecule has 0 aliphatic carbocycles. The normalized spacial score (nSPS) is 10.3. The zero-order valence-corrected chi connectivity index (χ0v) is 15.1. The van der Waals surface area contributed by atoms with E-state index in [1.54, 1.807) is 38.1 Å². The summed E-state index contributed by atoms with van der Waals surface area (Å²) in [5, 5.41) is 2.79. The number of benzene rings is 2. The molecular formula is C21H19N3O3. The Labute approximate surface area is 157 Å². The molecule has 6 heteroatoms. The predicted molar refractivity (Wildman–Crippen MR) is 103 cm³/mol. The summed E-state index contributed by atoms with van der Waals surface area (Å²) >= 11 is 0. The molecule has 0 saturated carbocycles. The fraction of sp³-hybridized carbons (Fsp3) is 0.143. The number of ether oxygens (including phenoxy) is 1. The molecule has 0 bridgehead atoms. The Morgan fingerprint density at radius 1 is 1.04 bits per heavy atom. The second-order valence-corrected chi connectivity index (χ2v) is 5.81. The fourth-order valence-corrected chi connectivity index (χ4v) is 2.52. The molecule has 6 nitrogen and oxygen atoms in total. The third-order valence-electron chi connectivity index (χ3n) is 3.91. The van der Waals surface area contributed by atoms with Crippen LogP contribution in [0.5, 0.6) is 0 Å². The van der Waals surface area contributed by atoms with Gasteiger partial charge in [-0.1, -0.05) is 30.3 Å². The number of esters is 1. The molecule has 27 heavy (non-hydrogen) atoms. The number of amides is 1. The molecule has 3 rings (SSSR count). The van der Waals surface area contributed by atoms with Gasteiger partial charge >= 0.3 is 5.97 Å². The van der Waals surface area contributed by atoms with Crippen molar-refractivity contribution in [3.63, 3.8) is 0 Å². The number of hydrogen-bond acceptors (Lipinski definition) is 5. The smallest absolute Gasteiger partial charge is 0.338 e. The van der Waals surface area contributed by atoms with E-state index in [1.165, 1.54) is 6.20 Å². The number of nitrogens with one attached hydrogen (secondary N) is 1. The minimum Gasteiger partial charge on any atom is -0.462 e. The molecular weight excluding hydrogens is 342 g/mol. The summed E-state index contributed by atoms with van der Waals surface area (Å²) < 4.78 is 4.94. The third-order valence-corrected chi connectivity index (χ3v) is 3.91. The molecule has 0 aliphatic rings. The Bertz CT molecular complexity index is 954. The second kappa shape index (κ2) is 8.23. The summed E-state index contributed by atoms with van der Waals surface area (Å²) in [4.78, 5) is 32.9. The van der Waals surface area contributed by atoms with Crippen LogP contribution in [-0.4, -0.2) is 28.5 Å². The van der Waals surface area contributed by atoms with Crippen LogP contribution >= 0.6 is 0 Å². The van der Waals surface area contributed by atoms with Gasteiger partial charge in [-0.05, 0) is 38.1 Å². The quantitative estimate of drug-likeness (QED) is 0.698. The lowest BCUT2D eigenvalue weighted by atomic mass is 10.1. The van der Waals surface area contributed by atoms with Gasteiger partial charge in [0.05, 0.1) is 23.4 Å². The Morgan fingerprint density at radius 3 is 2.37 bits per heavy atom.